The van der Waals surface area contributed by atoms with E-state index in [0.717, 1.165) is 28.4 Å². The number of ether oxygens (including phenoxy) is 1. The Balaban J connectivity index is 1.69. The molecule has 0 spiro atoms. The van der Waals surface area contributed by atoms with E-state index in [1.54, 1.807) is 0 Å². The maximum absolute atomic E-state index is 9.45. The lowest BCUT2D eigenvalue weighted by molar-refractivity contribution is 0.242. The summed E-state index contributed by atoms with van der Waals surface area (Å²) in [4.78, 5) is 4.78. The molecule has 3 aromatic rings. The number of nitriles is 1. The molecule has 136 valence electrons. The highest BCUT2D eigenvalue weighted by atomic mass is 32.1. The van der Waals surface area contributed by atoms with E-state index in [4.69, 9.17) is 9.72 Å². The maximum atomic E-state index is 9.45. The van der Waals surface area contributed by atoms with Crippen LogP contribution in [-0.2, 0) is 6.42 Å². The molecule has 0 N–H and O–H groups in total. The SMILES string of the molecule is CC(C)Oc1ccc(-c2nc(-c3cccc4c3CCC4C)ns2)cc1C#N. The van der Waals surface area contributed by atoms with Crippen molar-refractivity contribution in [3.63, 3.8) is 0 Å². The summed E-state index contributed by atoms with van der Waals surface area (Å²) in [5.74, 6) is 1.99. The topological polar surface area (TPSA) is 58.8 Å². The van der Waals surface area contributed by atoms with Crippen molar-refractivity contribution in [1.82, 2.24) is 9.36 Å². The third kappa shape index (κ3) is 3.33. The van der Waals surface area contributed by atoms with Gasteiger partial charge in [-0.2, -0.15) is 9.64 Å². The molecule has 1 aliphatic carbocycles. The highest BCUT2D eigenvalue weighted by molar-refractivity contribution is 7.09. The summed E-state index contributed by atoms with van der Waals surface area (Å²) in [6, 6.07) is 14.3. The van der Waals surface area contributed by atoms with Gasteiger partial charge in [-0.25, -0.2) is 4.98 Å². The van der Waals surface area contributed by atoms with Crippen LogP contribution < -0.4 is 4.74 Å². The van der Waals surface area contributed by atoms with Crippen LogP contribution in [0.4, 0.5) is 0 Å². The Morgan fingerprint density at radius 1 is 1.26 bits per heavy atom. The zero-order valence-electron chi connectivity index (χ0n) is 15.7. The molecule has 1 atom stereocenters. The predicted octanol–water partition coefficient (Wildman–Crippen LogP) is 5.58. The molecular formula is C22H21N3OS. The van der Waals surface area contributed by atoms with E-state index in [-0.39, 0.29) is 6.10 Å². The molecule has 0 saturated heterocycles. The van der Waals surface area contributed by atoms with Gasteiger partial charge in [-0.3, -0.25) is 0 Å². The minimum atomic E-state index is 0.0265. The van der Waals surface area contributed by atoms with E-state index in [2.05, 4.69) is 35.6 Å². The van der Waals surface area contributed by atoms with Gasteiger partial charge in [-0.15, -0.1) is 0 Å². The molecule has 0 radical (unpaired) electrons. The standard InChI is InChI=1S/C22H21N3OS/c1-13(2)26-20-10-8-15(11-16(20)12-23)22-24-21(25-27-22)19-6-4-5-17-14(3)7-9-18(17)19/h4-6,8,10-11,13-14H,7,9H2,1-3H3. The predicted molar refractivity (Wildman–Crippen MR) is 108 cm³/mol. The Morgan fingerprint density at radius 3 is 2.89 bits per heavy atom. The van der Waals surface area contributed by atoms with Crippen molar-refractivity contribution >= 4 is 11.5 Å². The quantitative estimate of drug-likeness (QED) is 0.597. The second-order valence-electron chi connectivity index (χ2n) is 7.23. The molecular weight excluding hydrogens is 354 g/mol. The summed E-state index contributed by atoms with van der Waals surface area (Å²) >= 11 is 1.37. The van der Waals surface area contributed by atoms with Gasteiger partial charge in [0.05, 0.1) is 11.7 Å². The molecule has 1 unspecified atom stereocenters. The van der Waals surface area contributed by atoms with Gasteiger partial charge in [-0.05, 0) is 73.5 Å². The summed E-state index contributed by atoms with van der Waals surface area (Å²) in [5.41, 5.74) is 5.36. The van der Waals surface area contributed by atoms with Crippen LogP contribution in [0.25, 0.3) is 22.0 Å². The third-order valence-electron chi connectivity index (χ3n) is 4.95. The summed E-state index contributed by atoms with van der Waals surface area (Å²) in [6.45, 7) is 6.18. The molecule has 0 saturated carbocycles. The van der Waals surface area contributed by atoms with Gasteiger partial charge in [0.15, 0.2) is 5.82 Å². The lowest BCUT2D eigenvalue weighted by atomic mass is 9.99. The van der Waals surface area contributed by atoms with Crippen molar-refractivity contribution in [2.24, 2.45) is 0 Å². The molecule has 5 heteroatoms. The number of fused-ring (bicyclic) bond motifs is 1. The van der Waals surface area contributed by atoms with Gasteiger partial charge < -0.3 is 4.74 Å². The lowest BCUT2D eigenvalue weighted by Gasteiger charge is -2.11. The van der Waals surface area contributed by atoms with E-state index in [9.17, 15) is 5.26 Å². The fraction of sp³-hybridized carbons (Fsp3) is 0.318. The van der Waals surface area contributed by atoms with Crippen LogP contribution in [0.15, 0.2) is 36.4 Å². The monoisotopic (exact) mass is 375 g/mol. The largest absolute Gasteiger partial charge is 0.490 e. The lowest BCUT2D eigenvalue weighted by Crippen LogP contribution is -2.06. The Bertz CT molecular complexity index is 1030. The van der Waals surface area contributed by atoms with Crippen molar-refractivity contribution in [2.45, 2.75) is 45.6 Å². The average Bonchev–Trinajstić information content (AvgIpc) is 3.29. The zero-order valence-corrected chi connectivity index (χ0v) is 16.5. The number of benzene rings is 2. The molecule has 0 aliphatic heterocycles. The Morgan fingerprint density at radius 2 is 2.11 bits per heavy atom. The van der Waals surface area contributed by atoms with Crippen molar-refractivity contribution < 1.29 is 4.74 Å². The normalized spacial score (nSPS) is 15.6. The minimum Gasteiger partial charge on any atom is -0.490 e. The van der Waals surface area contributed by atoms with Crippen molar-refractivity contribution in [2.75, 3.05) is 0 Å². The molecule has 2 aromatic carbocycles. The van der Waals surface area contributed by atoms with Crippen LogP contribution in [0, 0.1) is 11.3 Å². The van der Waals surface area contributed by atoms with E-state index in [1.165, 1.54) is 29.1 Å². The van der Waals surface area contributed by atoms with Gasteiger partial charge in [-0.1, -0.05) is 25.1 Å². The molecule has 1 aromatic heterocycles. The van der Waals surface area contributed by atoms with Gasteiger partial charge in [0, 0.05) is 11.1 Å². The number of hydrogen-bond acceptors (Lipinski definition) is 5. The van der Waals surface area contributed by atoms with Crippen LogP contribution >= 0.6 is 11.5 Å². The molecule has 0 fully saturated rings. The minimum absolute atomic E-state index is 0.0265. The highest BCUT2D eigenvalue weighted by Crippen LogP contribution is 2.39. The summed E-state index contributed by atoms with van der Waals surface area (Å²) in [5, 5.41) is 10.3. The van der Waals surface area contributed by atoms with Gasteiger partial charge >= 0.3 is 0 Å². The van der Waals surface area contributed by atoms with Crippen molar-refractivity contribution in [3.8, 4) is 33.8 Å². The van der Waals surface area contributed by atoms with Crippen molar-refractivity contribution in [1.29, 1.82) is 5.26 Å². The fourth-order valence-corrected chi connectivity index (χ4v) is 4.30. The maximum Gasteiger partial charge on any atom is 0.173 e. The molecule has 0 bridgehead atoms. The molecule has 0 amide bonds. The third-order valence-corrected chi connectivity index (χ3v) is 5.71. The Kier molecular flexibility index (Phi) is 4.67. The van der Waals surface area contributed by atoms with Crippen LogP contribution in [0.3, 0.4) is 0 Å². The number of hydrogen-bond donors (Lipinski definition) is 0. The van der Waals surface area contributed by atoms with Gasteiger partial charge in [0.1, 0.15) is 16.8 Å². The number of nitrogens with zero attached hydrogens (tertiary/aromatic N) is 3. The summed E-state index contributed by atoms with van der Waals surface area (Å²) < 4.78 is 10.3. The zero-order chi connectivity index (χ0) is 19.0. The first-order valence-electron chi connectivity index (χ1n) is 9.24. The molecule has 27 heavy (non-hydrogen) atoms. The van der Waals surface area contributed by atoms with Gasteiger partial charge in [0.25, 0.3) is 0 Å². The molecule has 1 heterocycles. The molecule has 1 aliphatic rings. The molecule has 4 nitrogen and oxygen atoms in total. The first-order valence-corrected chi connectivity index (χ1v) is 10.0. The van der Waals surface area contributed by atoms with E-state index in [1.807, 2.05) is 32.0 Å². The average molecular weight is 375 g/mol. The highest BCUT2D eigenvalue weighted by Gasteiger charge is 2.23. The first-order chi connectivity index (χ1) is 13.1. The van der Waals surface area contributed by atoms with Crippen LogP contribution in [-0.4, -0.2) is 15.5 Å². The fourth-order valence-electron chi connectivity index (χ4n) is 3.63. The Labute approximate surface area is 163 Å². The van der Waals surface area contributed by atoms with E-state index < -0.39 is 0 Å². The first kappa shape index (κ1) is 17.7. The second kappa shape index (κ2) is 7.13. The molecule has 4 rings (SSSR count). The van der Waals surface area contributed by atoms with Crippen LogP contribution in [0.2, 0.25) is 0 Å². The van der Waals surface area contributed by atoms with E-state index >= 15 is 0 Å². The van der Waals surface area contributed by atoms with Crippen LogP contribution in [0.1, 0.15) is 49.8 Å². The summed E-state index contributed by atoms with van der Waals surface area (Å²) in [6.07, 6.45) is 2.30. The Hall–Kier alpha value is -2.71. The number of aromatic nitrogens is 2. The van der Waals surface area contributed by atoms with Crippen molar-refractivity contribution in [3.05, 3.63) is 53.1 Å². The second-order valence-corrected chi connectivity index (χ2v) is 7.98. The van der Waals surface area contributed by atoms with Crippen LogP contribution in [0.5, 0.6) is 5.75 Å². The number of rotatable bonds is 4. The smallest absolute Gasteiger partial charge is 0.173 e. The summed E-state index contributed by atoms with van der Waals surface area (Å²) in [7, 11) is 0. The van der Waals surface area contributed by atoms with Gasteiger partial charge in [0.2, 0.25) is 0 Å². The van der Waals surface area contributed by atoms with E-state index in [0.29, 0.717) is 17.2 Å².